The maximum absolute atomic E-state index is 13.8. The van der Waals surface area contributed by atoms with Gasteiger partial charge in [-0.1, -0.05) is 44.2 Å². The lowest BCUT2D eigenvalue weighted by atomic mass is 10.0. The van der Waals surface area contributed by atoms with Crippen LogP contribution in [0.3, 0.4) is 0 Å². The molecule has 4 aliphatic rings. The van der Waals surface area contributed by atoms with Gasteiger partial charge in [-0.15, -0.1) is 0 Å². The molecule has 2 saturated carbocycles. The van der Waals surface area contributed by atoms with Crippen molar-refractivity contribution in [2.24, 2.45) is 5.92 Å². The first kappa shape index (κ1) is 30.3. The summed E-state index contributed by atoms with van der Waals surface area (Å²) < 4.78 is 32.5. The minimum Gasteiger partial charge on any atom is -0.497 e. The molecule has 2 heterocycles. The summed E-state index contributed by atoms with van der Waals surface area (Å²) in [6.45, 7) is 0.375. The molecule has 5 rings (SSSR count). The van der Waals surface area contributed by atoms with Crippen LogP contribution in [0, 0.1) is 5.92 Å². The van der Waals surface area contributed by atoms with E-state index in [1.165, 1.54) is 4.90 Å². The van der Waals surface area contributed by atoms with Crippen molar-refractivity contribution in [1.82, 2.24) is 20.3 Å². The smallest absolute Gasteiger partial charge is 0.259 e. The van der Waals surface area contributed by atoms with E-state index >= 15 is 0 Å². The molecule has 42 heavy (non-hydrogen) atoms. The number of amides is 4. The van der Waals surface area contributed by atoms with Gasteiger partial charge in [0, 0.05) is 6.54 Å². The summed E-state index contributed by atoms with van der Waals surface area (Å²) in [5, 5.41) is 5.28. The SMILES string of the molecule is COc1ccc(CC(=O)N[C@H]2CCCCCCC[C@@H]3C[C@@]3(C(=O)NS(=O)(=O)C3CC3)NC(=O)C3CCCN3C2=O)cc1. The molecule has 2 aliphatic carbocycles. The van der Waals surface area contributed by atoms with Crippen LogP contribution in [0.5, 0.6) is 5.75 Å². The number of sulfonamides is 1. The molecular formula is C30H42N4O7S. The molecule has 2 saturated heterocycles. The van der Waals surface area contributed by atoms with E-state index in [0.29, 0.717) is 57.2 Å². The van der Waals surface area contributed by atoms with Crippen molar-refractivity contribution in [3.05, 3.63) is 29.8 Å². The zero-order valence-electron chi connectivity index (χ0n) is 24.2. The summed E-state index contributed by atoms with van der Waals surface area (Å²) in [4.78, 5) is 55.3. The number of hydrogen-bond acceptors (Lipinski definition) is 7. The molecule has 1 aromatic carbocycles. The Kier molecular flexibility index (Phi) is 9.10. The number of methoxy groups -OCH3 is 1. The van der Waals surface area contributed by atoms with Crippen molar-refractivity contribution >= 4 is 33.7 Å². The molecule has 4 amide bonds. The van der Waals surface area contributed by atoms with E-state index in [-0.39, 0.29) is 24.2 Å². The van der Waals surface area contributed by atoms with Gasteiger partial charge in [0.1, 0.15) is 23.4 Å². The molecular weight excluding hydrogens is 560 g/mol. The number of benzene rings is 1. The van der Waals surface area contributed by atoms with Gasteiger partial charge >= 0.3 is 0 Å². The Morgan fingerprint density at radius 2 is 1.67 bits per heavy atom. The lowest BCUT2D eigenvalue weighted by molar-refractivity contribution is -0.142. The monoisotopic (exact) mass is 602 g/mol. The summed E-state index contributed by atoms with van der Waals surface area (Å²) in [7, 11) is -2.19. The zero-order chi connectivity index (χ0) is 29.9. The molecule has 4 atom stereocenters. The fraction of sp³-hybridized carbons (Fsp3) is 0.667. The number of hydrogen-bond donors (Lipinski definition) is 3. The van der Waals surface area contributed by atoms with Crippen molar-refractivity contribution in [3.8, 4) is 5.75 Å². The molecule has 4 fully saturated rings. The van der Waals surface area contributed by atoms with Gasteiger partial charge in [-0.05, 0) is 68.6 Å². The number of nitrogens with zero attached hydrogens (tertiary/aromatic N) is 1. The van der Waals surface area contributed by atoms with E-state index in [9.17, 15) is 27.6 Å². The van der Waals surface area contributed by atoms with Gasteiger partial charge in [0.15, 0.2) is 0 Å². The van der Waals surface area contributed by atoms with Crippen molar-refractivity contribution in [1.29, 1.82) is 0 Å². The second-order valence-electron chi connectivity index (χ2n) is 12.2. The highest BCUT2D eigenvalue weighted by Crippen LogP contribution is 2.48. The molecule has 0 spiro atoms. The van der Waals surface area contributed by atoms with Crippen LogP contribution < -0.4 is 20.1 Å². The molecule has 2 aliphatic heterocycles. The van der Waals surface area contributed by atoms with Crippen molar-refractivity contribution in [3.63, 3.8) is 0 Å². The van der Waals surface area contributed by atoms with E-state index in [1.807, 2.05) is 12.1 Å². The lowest BCUT2D eigenvalue weighted by Crippen LogP contribution is -2.58. The predicted molar refractivity (Wildman–Crippen MR) is 155 cm³/mol. The third-order valence-electron chi connectivity index (χ3n) is 9.10. The number of ether oxygens (including phenoxy) is 1. The van der Waals surface area contributed by atoms with Gasteiger partial charge in [0.2, 0.25) is 27.7 Å². The van der Waals surface area contributed by atoms with Crippen LogP contribution in [0.2, 0.25) is 0 Å². The van der Waals surface area contributed by atoms with Gasteiger partial charge in [-0.25, -0.2) is 8.42 Å². The Morgan fingerprint density at radius 3 is 2.36 bits per heavy atom. The summed E-state index contributed by atoms with van der Waals surface area (Å²) >= 11 is 0. The third-order valence-corrected chi connectivity index (χ3v) is 10.9. The van der Waals surface area contributed by atoms with E-state index in [0.717, 1.165) is 37.7 Å². The van der Waals surface area contributed by atoms with Crippen LogP contribution in [0.4, 0.5) is 0 Å². The Balaban J connectivity index is 1.30. The van der Waals surface area contributed by atoms with Crippen molar-refractivity contribution in [2.75, 3.05) is 13.7 Å². The molecule has 0 radical (unpaired) electrons. The van der Waals surface area contributed by atoms with Gasteiger partial charge in [0.05, 0.1) is 18.8 Å². The largest absolute Gasteiger partial charge is 0.497 e. The second-order valence-corrected chi connectivity index (χ2v) is 14.2. The van der Waals surface area contributed by atoms with Crippen LogP contribution >= 0.6 is 0 Å². The molecule has 0 aromatic heterocycles. The van der Waals surface area contributed by atoms with Crippen LogP contribution in [-0.2, 0) is 35.6 Å². The van der Waals surface area contributed by atoms with Gasteiger partial charge < -0.3 is 20.3 Å². The summed E-state index contributed by atoms with van der Waals surface area (Å²) in [6, 6.07) is 5.64. The fourth-order valence-corrected chi connectivity index (χ4v) is 7.72. The number of carbonyl (C=O) groups is 4. The number of nitrogens with one attached hydrogen (secondary N) is 3. The van der Waals surface area contributed by atoms with E-state index in [2.05, 4.69) is 15.4 Å². The predicted octanol–water partition coefficient (Wildman–Crippen LogP) is 1.94. The van der Waals surface area contributed by atoms with Crippen LogP contribution in [0.15, 0.2) is 24.3 Å². The minimum atomic E-state index is -3.76. The normalized spacial score (nSPS) is 28.8. The Hall–Kier alpha value is -3.15. The summed E-state index contributed by atoms with van der Waals surface area (Å²) in [5.41, 5.74) is -0.481. The maximum atomic E-state index is 13.8. The minimum absolute atomic E-state index is 0.112. The molecule has 11 nitrogen and oxygen atoms in total. The quantitative estimate of drug-likeness (QED) is 0.432. The highest BCUT2D eigenvalue weighted by molar-refractivity contribution is 7.91. The standard InChI is InChI=1S/C30H42N4O7S/c1-41-22-13-11-20(12-14-22)18-26(35)31-24-9-6-4-2-3-5-8-21-19-30(21,29(38)33-42(39,40)23-15-16-23)32-27(36)25-10-7-17-34(25)28(24)37/h11-14,21,23-25H,2-10,15-19H2,1H3,(H,31,35)(H,32,36)(H,33,38)/t21-,24+,25?,30-/m1/s1. The highest BCUT2D eigenvalue weighted by Gasteiger charge is 2.62. The van der Waals surface area contributed by atoms with Crippen molar-refractivity contribution < 1.29 is 32.3 Å². The summed E-state index contributed by atoms with van der Waals surface area (Å²) in [5.74, 6) is -1.14. The van der Waals surface area contributed by atoms with E-state index in [4.69, 9.17) is 4.74 Å². The van der Waals surface area contributed by atoms with Crippen LogP contribution in [0.1, 0.15) is 82.6 Å². The van der Waals surface area contributed by atoms with Gasteiger partial charge in [-0.3, -0.25) is 23.9 Å². The van der Waals surface area contributed by atoms with E-state index < -0.39 is 44.7 Å². The van der Waals surface area contributed by atoms with Gasteiger partial charge in [0.25, 0.3) is 5.91 Å². The van der Waals surface area contributed by atoms with Crippen LogP contribution in [-0.4, -0.2) is 73.5 Å². The maximum Gasteiger partial charge on any atom is 0.259 e. The fourth-order valence-electron chi connectivity index (χ4n) is 6.36. The molecule has 0 bridgehead atoms. The van der Waals surface area contributed by atoms with Crippen LogP contribution in [0.25, 0.3) is 0 Å². The second kappa shape index (κ2) is 12.6. The Labute approximate surface area is 247 Å². The van der Waals surface area contributed by atoms with Gasteiger partial charge in [-0.2, -0.15) is 0 Å². The zero-order valence-corrected chi connectivity index (χ0v) is 25.0. The first-order chi connectivity index (χ1) is 20.1. The third kappa shape index (κ3) is 6.90. The topological polar surface area (TPSA) is 151 Å². The summed E-state index contributed by atoms with van der Waals surface area (Å²) in [6.07, 6.45) is 8.21. The highest BCUT2D eigenvalue weighted by atomic mass is 32.2. The molecule has 3 N–H and O–H groups in total. The van der Waals surface area contributed by atoms with E-state index in [1.54, 1.807) is 19.2 Å². The average molecular weight is 603 g/mol. The number of fused-ring (bicyclic) bond motifs is 2. The molecule has 12 heteroatoms. The molecule has 230 valence electrons. The molecule has 1 aromatic rings. The first-order valence-corrected chi connectivity index (χ1v) is 16.8. The number of carbonyl (C=O) groups excluding carboxylic acids is 4. The Morgan fingerprint density at radius 1 is 0.976 bits per heavy atom. The lowest BCUT2D eigenvalue weighted by Gasteiger charge is -2.30. The number of rotatable bonds is 7. The van der Waals surface area contributed by atoms with Crippen molar-refractivity contribution in [2.45, 2.75) is 106 Å². The molecule has 1 unspecified atom stereocenters. The first-order valence-electron chi connectivity index (χ1n) is 15.2. The average Bonchev–Trinajstić information content (AvgIpc) is 3.88. The Bertz CT molecular complexity index is 1300.